The Morgan fingerprint density at radius 1 is 0.941 bits per heavy atom. The zero-order chi connectivity index (χ0) is 12.8. The van der Waals surface area contributed by atoms with Crippen LogP contribution in [0.1, 0.15) is 17.0 Å². The first-order valence-electron chi connectivity index (χ1n) is 5.38. The quantitative estimate of drug-likeness (QED) is 0.579. The van der Waals surface area contributed by atoms with Gasteiger partial charge in [0.1, 0.15) is 0 Å². The summed E-state index contributed by atoms with van der Waals surface area (Å²) in [4.78, 5) is 4.43. The molecule has 0 aliphatic carbocycles. The Labute approximate surface area is 102 Å². The van der Waals surface area contributed by atoms with Crippen molar-refractivity contribution < 1.29 is 0 Å². The highest BCUT2D eigenvalue weighted by Gasteiger charge is 1.97. The van der Waals surface area contributed by atoms with E-state index in [2.05, 4.69) is 15.2 Å². The zero-order valence-electron chi connectivity index (χ0n) is 11.0. The highest BCUT2D eigenvalue weighted by atomic mass is 15.4. The summed E-state index contributed by atoms with van der Waals surface area (Å²) in [6, 6.07) is 3.97. The molecule has 1 heterocycles. The van der Waals surface area contributed by atoms with Crippen molar-refractivity contribution >= 4 is 12.4 Å². The molecule has 5 nitrogen and oxygen atoms in total. The average Bonchev–Trinajstić information content (AvgIpc) is 2.23. The number of pyridine rings is 1. The van der Waals surface area contributed by atoms with Crippen molar-refractivity contribution in [2.75, 3.05) is 28.2 Å². The van der Waals surface area contributed by atoms with Crippen LogP contribution in [0.5, 0.6) is 0 Å². The number of hydrogen-bond donors (Lipinski definition) is 0. The molecule has 0 spiro atoms. The molecule has 0 aromatic carbocycles. The lowest BCUT2D eigenvalue weighted by Crippen LogP contribution is -2.05. The van der Waals surface area contributed by atoms with E-state index in [1.165, 1.54) is 0 Å². The van der Waals surface area contributed by atoms with E-state index in [9.17, 15) is 0 Å². The standard InChI is InChI=1S/C12H19N5/c1-10-6-11(8-13-16(2)3)15-12(7-10)9-14-17(4)5/h6-9H,1-5H3/b13-8+,14-9+. The summed E-state index contributed by atoms with van der Waals surface area (Å²) in [5.74, 6) is 0. The van der Waals surface area contributed by atoms with Crippen LogP contribution in [-0.4, -0.2) is 55.6 Å². The van der Waals surface area contributed by atoms with Gasteiger partial charge < -0.3 is 10.0 Å². The molecule has 0 fully saturated rings. The summed E-state index contributed by atoms with van der Waals surface area (Å²) < 4.78 is 0. The highest BCUT2D eigenvalue weighted by molar-refractivity contribution is 5.82. The minimum Gasteiger partial charge on any atom is -0.303 e. The van der Waals surface area contributed by atoms with Gasteiger partial charge in [-0.05, 0) is 24.6 Å². The first kappa shape index (κ1) is 13.2. The molecule has 17 heavy (non-hydrogen) atoms. The molecule has 1 rings (SSSR count). The van der Waals surface area contributed by atoms with E-state index in [0.29, 0.717) is 0 Å². The van der Waals surface area contributed by atoms with Gasteiger partial charge in [-0.25, -0.2) is 4.98 Å². The van der Waals surface area contributed by atoms with Gasteiger partial charge in [0.05, 0.1) is 23.8 Å². The Morgan fingerprint density at radius 3 is 1.71 bits per heavy atom. The molecular formula is C12H19N5. The third kappa shape index (κ3) is 5.10. The summed E-state index contributed by atoms with van der Waals surface area (Å²) in [6.45, 7) is 2.03. The summed E-state index contributed by atoms with van der Waals surface area (Å²) in [5, 5.41) is 11.8. The van der Waals surface area contributed by atoms with Crippen molar-refractivity contribution in [1.29, 1.82) is 0 Å². The number of aromatic nitrogens is 1. The number of hydrogen-bond acceptors (Lipinski definition) is 5. The van der Waals surface area contributed by atoms with Crippen LogP contribution in [0.25, 0.3) is 0 Å². The first-order chi connectivity index (χ1) is 7.97. The maximum Gasteiger partial charge on any atom is 0.0840 e. The van der Waals surface area contributed by atoms with Gasteiger partial charge in [-0.1, -0.05) is 0 Å². The van der Waals surface area contributed by atoms with Crippen LogP contribution in [0.2, 0.25) is 0 Å². The molecule has 0 aliphatic rings. The van der Waals surface area contributed by atoms with Gasteiger partial charge in [-0.15, -0.1) is 0 Å². The minimum atomic E-state index is 0.832. The Kier molecular flexibility index (Phi) is 4.63. The highest BCUT2D eigenvalue weighted by Crippen LogP contribution is 2.02. The summed E-state index contributed by atoms with van der Waals surface area (Å²) in [6.07, 6.45) is 3.47. The van der Waals surface area contributed by atoms with Gasteiger partial charge in [0.15, 0.2) is 0 Å². The predicted octanol–water partition coefficient (Wildman–Crippen LogP) is 1.18. The molecule has 0 N–H and O–H groups in total. The van der Waals surface area contributed by atoms with Crippen LogP contribution in [0.3, 0.4) is 0 Å². The molecule has 0 aliphatic heterocycles. The lowest BCUT2D eigenvalue weighted by Gasteiger charge is -2.05. The largest absolute Gasteiger partial charge is 0.303 e. The SMILES string of the molecule is Cc1cc(/C=N/N(C)C)nc(/C=N/N(C)C)c1. The molecule has 5 heteroatoms. The average molecular weight is 233 g/mol. The fraction of sp³-hybridized carbons (Fsp3) is 0.417. The number of rotatable bonds is 4. The lowest BCUT2D eigenvalue weighted by molar-refractivity contribution is 0.440. The second-order valence-electron chi connectivity index (χ2n) is 4.18. The Balaban J connectivity index is 2.94. The van der Waals surface area contributed by atoms with Gasteiger partial charge >= 0.3 is 0 Å². The maximum absolute atomic E-state index is 4.43. The molecule has 0 amide bonds. The molecule has 1 aromatic heterocycles. The van der Waals surface area contributed by atoms with Crippen LogP contribution < -0.4 is 0 Å². The molecule has 0 atom stereocenters. The van der Waals surface area contributed by atoms with Crippen molar-refractivity contribution in [3.05, 3.63) is 29.1 Å². The van der Waals surface area contributed by atoms with Crippen molar-refractivity contribution in [2.45, 2.75) is 6.92 Å². The molecular weight excluding hydrogens is 214 g/mol. The van der Waals surface area contributed by atoms with E-state index in [1.807, 2.05) is 47.2 Å². The monoisotopic (exact) mass is 233 g/mol. The summed E-state index contributed by atoms with van der Waals surface area (Å²) in [7, 11) is 7.50. The molecule has 0 unspecified atom stereocenters. The Morgan fingerprint density at radius 2 is 1.35 bits per heavy atom. The van der Waals surface area contributed by atoms with E-state index in [4.69, 9.17) is 0 Å². The van der Waals surface area contributed by atoms with Gasteiger partial charge in [0.2, 0.25) is 0 Å². The van der Waals surface area contributed by atoms with E-state index >= 15 is 0 Å². The molecule has 92 valence electrons. The molecule has 0 saturated carbocycles. The van der Waals surface area contributed by atoms with Crippen molar-refractivity contribution in [2.24, 2.45) is 10.2 Å². The van der Waals surface area contributed by atoms with Crippen molar-refractivity contribution in [3.63, 3.8) is 0 Å². The predicted molar refractivity (Wildman–Crippen MR) is 71.5 cm³/mol. The van der Waals surface area contributed by atoms with Crippen molar-refractivity contribution in [1.82, 2.24) is 15.0 Å². The number of aryl methyl sites for hydroxylation is 1. The van der Waals surface area contributed by atoms with Crippen LogP contribution in [0.15, 0.2) is 22.3 Å². The second-order valence-corrected chi connectivity index (χ2v) is 4.18. The Hall–Kier alpha value is -1.91. The third-order valence-corrected chi connectivity index (χ3v) is 1.85. The van der Waals surface area contributed by atoms with Crippen LogP contribution in [0.4, 0.5) is 0 Å². The van der Waals surface area contributed by atoms with Gasteiger partial charge in [-0.2, -0.15) is 10.2 Å². The maximum atomic E-state index is 4.43. The Bertz CT molecular complexity index is 385. The van der Waals surface area contributed by atoms with Gasteiger partial charge in [-0.3, -0.25) is 0 Å². The third-order valence-electron chi connectivity index (χ3n) is 1.85. The van der Waals surface area contributed by atoms with Gasteiger partial charge in [0, 0.05) is 28.2 Å². The van der Waals surface area contributed by atoms with Crippen LogP contribution >= 0.6 is 0 Å². The van der Waals surface area contributed by atoms with Crippen molar-refractivity contribution in [3.8, 4) is 0 Å². The minimum absolute atomic E-state index is 0.832. The second kappa shape index (κ2) is 5.98. The van der Waals surface area contributed by atoms with Crippen LogP contribution in [-0.2, 0) is 0 Å². The number of nitrogens with zero attached hydrogens (tertiary/aromatic N) is 5. The van der Waals surface area contributed by atoms with Gasteiger partial charge in [0.25, 0.3) is 0 Å². The number of hydrazone groups is 2. The summed E-state index contributed by atoms with van der Waals surface area (Å²) in [5.41, 5.74) is 2.80. The topological polar surface area (TPSA) is 44.1 Å². The molecule has 0 bridgehead atoms. The lowest BCUT2D eigenvalue weighted by atomic mass is 10.2. The molecule has 0 saturated heterocycles. The van der Waals surface area contributed by atoms with E-state index in [0.717, 1.165) is 17.0 Å². The fourth-order valence-corrected chi connectivity index (χ4v) is 1.20. The summed E-state index contributed by atoms with van der Waals surface area (Å²) >= 11 is 0. The smallest absolute Gasteiger partial charge is 0.0840 e. The molecule has 0 radical (unpaired) electrons. The van der Waals surface area contributed by atoms with E-state index in [1.54, 1.807) is 22.4 Å². The zero-order valence-corrected chi connectivity index (χ0v) is 11.0. The normalized spacial score (nSPS) is 11.4. The molecule has 1 aromatic rings. The van der Waals surface area contributed by atoms with E-state index < -0.39 is 0 Å². The van der Waals surface area contributed by atoms with E-state index in [-0.39, 0.29) is 0 Å². The fourth-order valence-electron chi connectivity index (χ4n) is 1.20. The first-order valence-corrected chi connectivity index (χ1v) is 5.38. The van der Waals surface area contributed by atoms with Crippen LogP contribution in [0, 0.1) is 6.92 Å².